The second-order valence-corrected chi connectivity index (χ2v) is 7.10. The number of hydrogen-bond donors (Lipinski definition) is 1. The Morgan fingerprint density at radius 2 is 2.15 bits per heavy atom. The predicted octanol–water partition coefficient (Wildman–Crippen LogP) is 2.70. The molecule has 1 N–H and O–H groups in total. The molecule has 2 aromatic heterocycles. The van der Waals surface area contributed by atoms with Crippen LogP contribution in [0.5, 0.6) is 5.88 Å². The summed E-state index contributed by atoms with van der Waals surface area (Å²) in [4.78, 5) is 11.9. The molecule has 5 nitrogen and oxygen atoms in total. The van der Waals surface area contributed by atoms with Crippen LogP contribution in [0.1, 0.15) is 23.7 Å². The highest BCUT2D eigenvalue weighted by atomic mass is 32.1. The highest BCUT2D eigenvalue weighted by Gasteiger charge is 2.24. The van der Waals surface area contributed by atoms with Gasteiger partial charge in [0.25, 0.3) is 0 Å². The summed E-state index contributed by atoms with van der Waals surface area (Å²) in [5, 5.41) is 7.55. The maximum Gasteiger partial charge on any atom is 0.230 e. The molecule has 0 aliphatic carbocycles. The quantitative estimate of drug-likeness (QED) is 0.889. The zero-order valence-electron chi connectivity index (χ0n) is 12.4. The summed E-state index contributed by atoms with van der Waals surface area (Å²) in [7, 11) is 5.62. The third-order valence-electron chi connectivity index (χ3n) is 2.88. The normalized spacial score (nSPS) is 11.7. The summed E-state index contributed by atoms with van der Waals surface area (Å²) in [6, 6.07) is 0. The molecule has 0 aliphatic rings. The second kappa shape index (κ2) is 6.07. The highest BCUT2D eigenvalue weighted by molar-refractivity contribution is 7.15. The van der Waals surface area contributed by atoms with E-state index in [1.807, 2.05) is 30.6 Å². The van der Waals surface area contributed by atoms with Gasteiger partial charge in [-0.05, 0) is 13.8 Å². The van der Waals surface area contributed by atoms with Crippen LogP contribution in [0.2, 0.25) is 0 Å². The van der Waals surface area contributed by atoms with E-state index >= 15 is 0 Å². The summed E-state index contributed by atoms with van der Waals surface area (Å²) in [6.07, 6.45) is 1.83. The topological polar surface area (TPSA) is 50.3 Å². The van der Waals surface area contributed by atoms with Gasteiger partial charge in [-0.2, -0.15) is 4.98 Å². The predicted molar refractivity (Wildman–Crippen MR) is 85.0 cm³/mol. The molecule has 0 aliphatic heterocycles. The molecule has 0 spiro atoms. The Balaban J connectivity index is 2.10. The second-order valence-electron chi connectivity index (χ2n) is 5.14. The van der Waals surface area contributed by atoms with Gasteiger partial charge in [0.2, 0.25) is 5.88 Å². The molecule has 0 fully saturated rings. The maximum absolute atomic E-state index is 5.35. The van der Waals surface area contributed by atoms with Crippen molar-refractivity contribution in [3.8, 4) is 5.88 Å². The molecular weight excluding hydrogens is 292 g/mol. The summed E-state index contributed by atoms with van der Waals surface area (Å²) in [5.41, 5.74) is -0.165. The molecule has 0 atom stereocenters. The number of methoxy groups -OCH3 is 1. The Morgan fingerprint density at radius 1 is 1.40 bits per heavy atom. The third-order valence-corrected chi connectivity index (χ3v) is 5.19. The molecule has 0 unspecified atom stereocenters. The number of nitrogens with one attached hydrogen (secondary N) is 1. The number of nitrogens with zero attached hydrogens (tertiary/aromatic N) is 3. The highest BCUT2D eigenvalue weighted by Crippen LogP contribution is 2.31. The first-order valence-corrected chi connectivity index (χ1v) is 7.99. The summed E-state index contributed by atoms with van der Waals surface area (Å²) >= 11 is 3.30. The van der Waals surface area contributed by atoms with Crippen LogP contribution in [0.4, 0.5) is 5.13 Å². The third kappa shape index (κ3) is 3.28. The Kier molecular flexibility index (Phi) is 4.62. The Labute approximate surface area is 127 Å². The molecule has 0 saturated heterocycles. The smallest absolute Gasteiger partial charge is 0.230 e. The fraction of sp³-hybridized carbons (Fsp3) is 0.538. The number of thiazole rings is 2. The van der Waals surface area contributed by atoms with Gasteiger partial charge in [0.05, 0.1) is 17.5 Å². The fourth-order valence-corrected chi connectivity index (χ4v) is 3.33. The first-order chi connectivity index (χ1) is 9.44. The summed E-state index contributed by atoms with van der Waals surface area (Å²) < 4.78 is 5.35. The van der Waals surface area contributed by atoms with Gasteiger partial charge in [-0.15, -0.1) is 11.3 Å². The monoisotopic (exact) mass is 312 g/mol. The van der Waals surface area contributed by atoms with E-state index in [1.165, 1.54) is 0 Å². The molecule has 110 valence electrons. The Bertz CT molecular complexity index is 549. The summed E-state index contributed by atoms with van der Waals surface area (Å²) in [5.74, 6) is 0.695. The number of anilines is 1. The van der Waals surface area contributed by atoms with Crippen molar-refractivity contribution >= 4 is 27.8 Å². The number of rotatable bonds is 6. The molecule has 2 aromatic rings. The molecule has 2 heterocycles. The van der Waals surface area contributed by atoms with Gasteiger partial charge in [0.1, 0.15) is 5.01 Å². The zero-order chi connectivity index (χ0) is 14.8. The molecule has 0 aromatic carbocycles. The van der Waals surface area contributed by atoms with Crippen molar-refractivity contribution in [2.75, 3.05) is 26.1 Å². The van der Waals surface area contributed by atoms with Crippen molar-refractivity contribution in [1.29, 1.82) is 0 Å². The zero-order valence-corrected chi connectivity index (χ0v) is 14.1. The van der Waals surface area contributed by atoms with Crippen LogP contribution >= 0.6 is 22.7 Å². The lowest BCUT2D eigenvalue weighted by Gasteiger charge is -2.23. The molecule has 0 radical (unpaired) electrons. The van der Waals surface area contributed by atoms with Gasteiger partial charge in [-0.25, -0.2) is 4.98 Å². The SMILES string of the molecule is COc1nc(N(C)C)sc1CNC(C)(C)c1nccs1. The van der Waals surface area contributed by atoms with Crippen LogP contribution < -0.4 is 15.0 Å². The van der Waals surface area contributed by atoms with E-state index in [-0.39, 0.29) is 5.54 Å². The van der Waals surface area contributed by atoms with Gasteiger partial charge in [0, 0.05) is 32.2 Å². The minimum atomic E-state index is -0.165. The van der Waals surface area contributed by atoms with Crippen LogP contribution in [0.25, 0.3) is 0 Å². The van der Waals surface area contributed by atoms with Gasteiger partial charge < -0.3 is 15.0 Å². The van der Waals surface area contributed by atoms with Crippen LogP contribution in [0.3, 0.4) is 0 Å². The van der Waals surface area contributed by atoms with Gasteiger partial charge in [0.15, 0.2) is 5.13 Å². The molecule has 0 saturated carbocycles. The van der Waals surface area contributed by atoms with Crippen LogP contribution in [-0.2, 0) is 12.1 Å². The number of hydrogen-bond acceptors (Lipinski definition) is 7. The average molecular weight is 312 g/mol. The summed E-state index contributed by atoms with van der Waals surface area (Å²) in [6.45, 7) is 4.97. The van der Waals surface area contributed by atoms with Crippen molar-refractivity contribution in [3.63, 3.8) is 0 Å². The molecule has 20 heavy (non-hydrogen) atoms. The Hall–Kier alpha value is -1.18. The maximum atomic E-state index is 5.35. The van der Waals surface area contributed by atoms with E-state index in [0.717, 1.165) is 15.0 Å². The van der Waals surface area contributed by atoms with E-state index in [1.54, 1.807) is 29.8 Å². The van der Waals surface area contributed by atoms with Crippen molar-refractivity contribution in [1.82, 2.24) is 15.3 Å². The molecule has 7 heteroatoms. The van der Waals surface area contributed by atoms with E-state index in [2.05, 4.69) is 29.1 Å². The van der Waals surface area contributed by atoms with E-state index in [4.69, 9.17) is 4.74 Å². The van der Waals surface area contributed by atoms with Crippen molar-refractivity contribution in [3.05, 3.63) is 21.5 Å². The lowest BCUT2D eigenvalue weighted by molar-refractivity contribution is 0.376. The minimum Gasteiger partial charge on any atom is -0.480 e. The molecule has 2 rings (SSSR count). The average Bonchev–Trinajstić information content (AvgIpc) is 3.05. The molecule has 0 bridgehead atoms. The van der Waals surface area contributed by atoms with Crippen LogP contribution in [0, 0.1) is 0 Å². The van der Waals surface area contributed by atoms with E-state index in [9.17, 15) is 0 Å². The molecule has 0 amide bonds. The minimum absolute atomic E-state index is 0.165. The van der Waals surface area contributed by atoms with E-state index in [0.29, 0.717) is 12.4 Å². The first-order valence-electron chi connectivity index (χ1n) is 6.30. The lowest BCUT2D eigenvalue weighted by atomic mass is 10.1. The van der Waals surface area contributed by atoms with Gasteiger partial charge in [-0.3, -0.25) is 0 Å². The van der Waals surface area contributed by atoms with Gasteiger partial charge >= 0.3 is 0 Å². The van der Waals surface area contributed by atoms with Crippen LogP contribution in [0.15, 0.2) is 11.6 Å². The van der Waals surface area contributed by atoms with E-state index < -0.39 is 0 Å². The standard InChI is InChI=1S/C13H20N4OS2/c1-13(2,11-14-6-7-19-11)15-8-9-10(18-5)16-12(20-9)17(3)4/h6-7,15H,8H2,1-5H3. The largest absolute Gasteiger partial charge is 0.480 e. The van der Waals surface area contributed by atoms with Crippen LogP contribution in [-0.4, -0.2) is 31.2 Å². The first kappa shape index (κ1) is 15.2. The van der Waals surface area contributed by atoms with Crippen molar-refractivity contribution in [2.45, 2.75) is 25.9 Å². The van der Waals surface area contributed by atoms with Gasteiger partial charge in [-0.1, -0.05) is 11.3 Å². The molecular formula is C13H20N4OS2. The number of aromatic nitrogens is 2. The fourth-order valence-electron chi connectivity index (χ4n) is 1.70. The Morgan fingerprint density at radius 3 is 2.70 bits per heavy atom. The van der Waals surface area contributed by atoms with Crippen molar-refractivity contribution < 1.29 is 4.74 Å². The number of ether oxygens (including phenoxy) is 1. The lowest BCUT2D eigenvalue weighted by Crippen LogP contribution is -2.35. The van der Waals surface area contributed by atoms with Crippen molar-refractivity contribution in [2.24, 2.45) is 0 Å².